The minimum atomic E-state index is 0.518. The van der Waals surface area contributed by atoms with Crippen molar-refractivity contribution in [3.05, 3.63) is 46.7 Å². The van der Waals surface area contributed by atoms with Crippen LogP contribution in [0, 0.1) is 0 Å². The molecule has 5 heteroatoms. The molecule has 1 fully saturated rings. The number of aromatic nitrogens is 3. The molecule has 1 atom stereocenters. The Morgan fingerprint density at radius 1 is 1.32 bits per heavy atom. The van der Waals surface area contributed by atoms with Crippen LogP contribution in [0.2, 0.25) is 0 Å². The van der Waals surface area contributed by atoms with Crippen molar-refractivity contribution >= 4 is 22.4 Å². The van der Waals surface area contributed by atoms with Crippen molar-refractivity contribution < 1.29 is 0 Å². The second kappa shape index (κ2) is 5.82. The van der Waals surface area contributed by atoms with Gasteiger partial charge in [0.1, 0.15) is 5.82 Å². The van der Waals surface area contributed by atoms with E-state index in [2.05, 4.69) is 51.1 Å². The van der Waals surface area contributed by atoms with E-state index >= 15 is 0 Å². The third-order valence-corrected chi connectivity index (χ3v) is 5.20. The van der Waals surface area contributed by atoms with Gasteiger partial charge in [0.05, 0.1) is 22.2 Å². The maximum Gasteiger partial charge on any atom is 0.114 e. The summed E-state index contributed by atoms with van der Waals surface area (Å²) < 4.78 is 2.27. The maximum absolute atomic E-state index is 4.89. The Kier molecular flexibility index (Phi) is 3.68. The van der Waals surface area contributed by atoms with E-state index in [4.69, 9.17) is 4.98 Å². The van der Waals surface area contributed by atoms with Crippen LogP contribution in [0.4, 0.5) is 0 Å². The molecule has 0 radical (unpaired) electrons. The molecule has 3 heterocycles. The zero-order chi connectivity index (χ0) is 14.9. The molecule has 0 amide bonds. The molecule has 0 unspecified atom stereocenters. The molecule has 2 aromatic heterocycles. The van der Waals surface area contributed by atoms with E-state index in [1.165, 1.54) is 29.9 Å². The molecule has 0 saturated carbocycles. The fourth-order valence-electron chi connectivity index (χ4n) is 3.48. The number of para-hydroxylation sites is 2. The van der Waals surface area contributed by atoms with Crippen molar-refractivity contribution in [2.45, 2.75) is 25.3 Å². The molecule has 3 aromatic rings. The Balaban J connectivity index is 1.57. The molecular weight excluding hydrogens is 292 g/mol. The van der Waals surface area contributed by atoms with Crippen molar-refractivity contribution in [3.63, 3.8) is 0 Å². The monoisotopic (exact) mass is 312 g/mol. The summed E-state index contributed by atoms with van der Waals surface area (Å²) in [6.45, 7) is 3.20. The third kappa shape index (κ3) is 2.55. The maximum atomic E-state index is 4.89. The van der Waals surface area contributed by atoms with E-state index in [-0.39, 0.29) is 0 Å². The first-order valence-corrected chi connectivity index (χ1v) is 8.76. The lowest BCUT2D eigenvalue weighted by Gasteiger charge is -2.31. The zero-order valence-electron chi connectivity index (χ0n) is 12.8. The molecule has 4 rings (SSSR count). The van der Waals surface area contributed by atoms with Crippen LogP contribution in [0.15, 0.2) is 35.2 Å². The standard InChI is InChI=1S/C17H20N4S/c1-20-16-7-3-2-6-15(16)19-17(20)13-5-4-8-21(9-13)10-14-11-22-12-18-14/h2-3,6-7,11-13H,4-5,8-10H2,1H3/t13-/m1/s1. The summed E-state index contributed by atoms with van der Waals surface area (Å²) in [5.74, 6) is 1.74. The molecule has 4 nitrogen and oxygen atoms in total. The lowest BCUT2D eigenvalue weighted by Crippen LogP contribution is -2.34. The van der Waals surface area contributed by atoms with Gasteiger partial charge in [0.15, 0.2) is 0 Å². The van der Waals surface area contributed by atoms with Gasteiger partial charge in [0.25, 0.3) is 0 Å². The number of piperidine rings is 1. The summed E-state index contributed by atoms with van der Waals surface area (Å²) >= 11 is 1.68. The molecular formula is C17H20N4S. The number of thiazole rings is 1. The number of hydrogen-bond acceptors (Lipinski definition) is 4. The zero-order valence-corrected chi connectivity index (χ0v) is 13.6. The summed E-state index contributed by atoms with van der Waals surface area (Å²) in [5.41, 5.74) is 5.45. The van der Waals surface area contributed by atoms with Gasteiger partial charge in [0.2, 0.25) is 0 Å². The molecule has 0 N–H and O–H groups in total. The average molecular weight is 312 g/mol. The molecule has 1 aliphatic heterocycles. The number of rotatable bonds is 3. The Bertz CT molecular complexity index is 762. The van der Waals surface area contributed by atoms with Crippen LogP contribution in [0.1, 0.15) is 30.3 Å². The van der Waals surface area contributed by atoms with Gasteiger partial charge in [-0.05, 0) is 31.5 Å². The first-order chi connectivity index (χ1) is 10.8. The van der Waals surface area contributed by atoms with E-state index < -0.39 is 0 Å². The van der Waals surface area contributed by atoms with Crippen LogP contribution in [0.3, 0.4) is 0 Å². The third-order valence-electron chi connectivity index (χ3n) is 4.56. The summed E-state index contributed by atoms with van der Waals surface area (Å²) in [6, 6.07) is 8.41. The van der Waals surface area contributed by atoms with Gasteiger partial charge in [-0.25, -0.2) is 9.97 Å². The van der Waals surface area contributed by atoms with Crippen molar-refractivity contribution in [2.24, 2.45) is 7.05 Å². The van der Waals surface area contributed by atoms with E-state index in [0.29, 0.717) is 5.92 Å². The number of hydrogen-bond donors (Lipinski definition) is 0. The van der Waals surface area contributed by atoms with Gasteiger partial charge in [-0.15, -0.1) is 11.3 Å². The highest BCUT2D eigenvalue weighted by Gasteiger charge is 2.25. The van der Waals surface area contributed by atoms with Crippen molar-refractivity contribution in [1.82, 2.24) is 19.4 Å². The van der Waals surface area contributed by atoms with Gasteiger partial charge >= 0.3 is 0 Å². The van der Waals surface area contributed by atoms with Crippen LogP contribution < -0.4 is 0 Å². The number of aryl methyl sites for hydroxylation is 1. The molecule has 0 bridgehead atoms. The summed E-state index contributed by atoms with van der Waals surface area (Å²) in [5, 5.41) is 2.15. The van der Waals surface area contributed by atoms with Crippen molar-refractivity contribution in [2.75, 3.05) is 13.1 Å². The number of nitrogens with zero attached hydrogens (tertiary/aromatic N) is 4. The van der Waals surface area contributed by atoms with Crippen LogP contribution in [0.5, 0.6) is 0 Å². The normalized spacial score (nSPS) is 19.8. The number of fused-ring (bicyclic) bond motifs is 1. The predicted molar refractivity (Wildman–Crippen MR) is 90.1 cm³/mol. The van der Waals surface area contributed by atoms with E-state index in [0.717, 1.165) is 25.2 Å². The highest BCUT2D eigenvalue weighted by atomic mass is 32.1. The Hall–Kier alpha value is -1.72. The second-order valence-corrected chi connectivity index (χ2v) is 6.79. The van der Waals surface area contributed by atoms with Gasteiger partial charge in [-0.2, -0.15) is 0 Å². The molecule has 0 spiro atoms. The summed E-state index contributed by atoms with van der Waals surface area (Å²) in [6.07, 6.45) is 2.46. The highest BCUT2D eigenvalue weighted by Crippen LogP contribution is 2.29. The first-order valence-electron chi connectivity index (χ1n) is 7.82. The largest absolute Gasteiger partial charge is 0.331 e. The molecule has 22 heavy (non-hydrogen) atoms. The number of benzene rings is 1. The highest BCUT2D eigenvalue weighted by molar-refractivity contribution is 7.07. The fourth-order valence-corrected chi connectivity index (χ4v) is 4.03. The lowest BCUT2D eigenvalue weighted by molar-refractivity contribution is 0.194. The van der Waals surface area contributed by atoms with Gasteiger partial charge in [-0.1, -0.05) is 12.1 Å². The van der Waals surface area contributed by atoms with Gasteiger partial charge in [-0.3, -0.25) is 4.90 Å². The minimum absolute atomic E-state index is 0.518. The summed E-state index contributed by atoms with van der Waals surface area (Å²) in [7, 11) is 2.14. The Morgan fingerprint density at radius 3 is 3.05 bits per heavy atom. The van der Waals surface area contributed by atoms with Crippen LogP contribution >= 0.6 is 11.3 Å². The van der Waals surface area contributed by atoms with Crippen LogP contribution in [-0.2, 0) is 13.6 Å². The average Bonchev–Trinajstić information content (AvgIpc) is 3.16. The smallest absolute Gasteiger partial charge is 0.114 e. The molecule has 1 aromatic carbocycles. The van der Waals surface area contributed by atoms with Crippen molar-refractivity contribution in [1.29, 1.82) is 0 Å². The quantitative estimate of drug-likeness (QED) is 0.743. The van der Waals surface area contributed by atoms with Crippen molar-refractivity contribution in [3.8, 4) is 0 Å². The van der Waals surface area contributed by atoms with E-state index in [9.17, 15) is 0 Å². The van der Waals surface area contributed by atoms with E-state index in [1.807, 2.05) is 5.51 Å². The molecule has 0 aliphatic carbocycles. The van der Waals surface area contributed by atoms with Crippen LogP contribution in [-0.4, -0.2) is 32.5 Å². The predicted octanol–water partition coefficient (Wildman–Crippen LogP) is 3.41. The molecule has 1 aliphatic rings. The van der Waals surface area contributed by atoms with Gasteiger partial charge < -0.3 is 4.57 Å². The first kappa shape index (κ1) is 13.9. The number of imidazole rings is 1. The minimum Gasteiger partial charge on any atom is -0.331 e. The Morgan fingerprint density at radius 2 is 2.23 bits per heavy atom. The van der Waals surface area contributed by atoms with Gasteiger partial charge in [0, 0.05) is 31.4 Å². The summed E-state index contributed by atoms with van der Waals surface area (Å²) in [4.78, 5) is 11.8. The molecule has 1 saturated heterocycles. The lowest BCUT2D eigenvalue weighted by atomic mass is 9.97. The van der Waals surface area contributed by atoms with E-state index in [1.54, 1.807) is 11.3 Å². The Labute approximate surface area is 134 Å². The second-order valence-electron chi connectivity index (χ2n) is 6.07. The number of likely N-dealkylation sites (tertiary alicyclic amines) is 1. The van der Waals surface area contributed by atoms with Crippen LogP contribution in [0.25, 0.3) is 11.0 Å². The fraction of sp³-hybridized carbons (Fsp3) is 0.412. The SMILES string of the molecule is Cn1c([C@@H]2CCCN(Cc3cscn3)C2)nc2ccccc21. The molecule has 114 valence electrons. The topological polar surface area (TPSA) is 34.0 Å².